The van der Waals surface area contributed by atoms with Crippen molar-refractivity contribution in [3.05, 3.63) is 34.3 Å². The molecular weight excluding hydrogens is 340 g/mol. The van der Waals surface area contributed by atoms with Crippen LogP contribution in [0.25, 0.3) is 0 Å². The van der Waals surface area contributed by atoms with Crippen LogP contribution in [-0.2, 0) is 11.2 Å². The summed E-state index contributed by atoms with van der Waals surface area (Å²) in [4.78, 5) is 14.2. The number of hydrogen-bond acceptors (Lipinski definition) is 2. The SMILES string of the molecule is CN(CCc1ccc(Br)cc1)C(=O)C1CCNCC1.Cl. The van der Waals surface area contributed by atoms with Gasteiger partial charge >= 0.3 is 0 Å². The maximum atomic E-state index is 12.3. The van der Waals surface area contributed by atoms with E-state index in [1.54, 1.807) is 0 Å². The summed E-state index contributed by atoms with van der Waals surface area (Å²) in [7, 11) is 1.92. The minimum absolute atomic E-state index is 0. The van der Waals surface area contributed by atoms with E-state index in [1.807, 2.05) is 24.1 Å². The first-order valence-corrected chi connectivity index (χ1v) is 7.66. The molecule has 1 aliphatic heterocycles. The number of halogens is 2. The van der Waals surface area contributed by atoms with Gasteiger partial charge < -0.3 is 10.2 Å². The average Bonchev–Trinajstić information content (AvgIpc) is 2.46. The van der Waals surface area contributed by atoms with Crippen molar-refractivity contribution in [1.82, 2.24) is 10.2 Å². The van der Waals surface area contributed by atoms with Gasteiger partial charge in [-0.15, -0.1) is 12.4 Å². The van der Waals surface area contributed by atoms with Gasteiger partial charge in [-0.1, -0.05) is 28.1 Å². The van der Waals surface area contributed by atoms with E-state index in [1.165, 1.54) is 5.56 Å². The Morgan fingerprint density at radius 3 is 2.50 bits per heavy atom. The second-order valence-corrected chi connectivity index (χ2v) is 6.08. The van der Waals surface area contributed by atoms with Crippen LogP contribution in [0.2, 0.25) is 0 Å². The highest BCUT2D eigenvalue weighted by Gasteiger charge is 2.23. The van der Waals surface area contributed by atoms with Crippen molar-refractivity contribution in [2.24, 2.45) is 5.92 Å². The first-order chi connectivity index (χ1) is 9.16. The van der Waals surface area contributed by atoms with Crippen molar-refractivity contribution in [1.29, 1.82) is 0 Å². The summed E-state index contributed by atoms with van der Waals surface area (Å²) in [6, 6.07) is 8.30. The molecule has 1 heterocycles. The fourth-order valence-electron chi connectivity index (χ4n) is 2.44. The topological polar surface area (TPSA) is 32.3 Å². The first kappa shape index (κ1) is 17.5. The summed E-state index contributed by atoms with van der Waals surface area (Å²) in [5, 5.41) is 3.30. The number of nitrogens with zero attached hydrogens (tertiary/aromatic N) is 1. The lowest BCUT2D eigenvalue weighted by molar-refractivity contribution is -0.134. The second kappa shape index (κ2) is 8.65. The third kappa shape index (κ3) is 5.08. The Hall–Kier alpha value is -0.580. The maximum absolute atomic E-state index is 12.3. The van der Waals surface area contributed by atoms with Gasteiger partial charge in [-0.25, -0.2) is 0 Å². The molecule has 0 spiro atoms. The van der Waals surface area contributed by atoms with Crippen LogP contribution < -0.4 is 5.32 Å². The molecule has 20 heavy (non-hydrogen) atoms. The summed E-state index contributed by atoms with van der Waals surface area (Å²) in [5.41, 5.74) is 1.27. The molecule has 1 amide bonds. The zero-order chi connectivity index (χ0) is 13.7. The lowest BCUT2D eigenvalue weighted by Gasteiger charge is -2.27. The fraction of sp³-hybridized carbons (Fsp3) is 0.533. The summed E-state index contributed by atoms with van der Waals surface area (Å²) in [6.45, 7) is 2.73. The molecule has 0 bridgehead atoms. The molecule has 1 fully saturated rings. The van der Waals surface area contributed by atoms with Crippen LogP contribution in [0.4, 0.5) is 0 Å². The van der Waals surface area contributed by atoms with Crippen molar-refractivity contribution < 1.29 is 4.79 Å². The standard InChI is InChI=1S/C15H21BrN2O.ClH/c1-18(15(19)13-6-9-17-10-7-13)11-8-12-2-4-14(16)5-3-12;/h2-5,13,17H,6-11H2,1H3;1H. The molecule has 1 N–H and O–H groups in total. The number of nitrogens with one attached hydrogen (secondary N) is 1. The van der Waals surface area contributed by atoms with Crippen LogP contribution in [0, 0.1) is 5.92 Å². The number of carbonyl (C=O) groups excluding carboxylic acids is 1. The molecule has 0 aliphatic carbocycles. The van der Waals surface area contributed by atoms with Crippen molar-refractivity contribution in [2.75, 3.05) is 26.7 Å². The molecule has 0 radical (unpaired) electrons. The van der Waals surface area contributed by atoms with Crippen molar-refractivity contribution >= 4 is 34.2 Å². The molecular formula is C15H22BrClN2O. The highest BCUT2D eigenvalue weighted by molar-refractivity contribution is 9.10. The summed E-state index contributed by atoms with van der Waals surface area (Å²) in [6.07, 6.45) is 2.86. The van der Waals surface area contributed by atoms with Gasteiger partial charge in [0.15, 0.2) is 0 Å². The van der Waals surface area contributed by atoms with Gasteiger partial charge in [0, 0.05) is 24.0 Å². The van der Waals surface area contributed by atoms with Crippen LogP contribution in [0.15, 0.2) is 28.7 Å². The average molecular weight is 362 g/mol. The number of amides is 1. The van der Waals surface area contributed by atoms with Gasteiger partial charge in [0.1, 0.15) is 0 Å². The molecule has 5 heteroatoms. The van der Waals surface area contributed by atoms with E-state index >= 15 is 0 Å². The Bertz CT molecular complexity index is 418. The number of likely N-dealkylation sites (N-methyl/N-ethyl adjacent to an activating group) is 1. The molecule has 1 aromatic carbocycles. The van der Waals surface area contributed by atoms with E-state index < -0.39 is 0 Å². The van der Waals surface area contributed by atoms with Crippen LogP contribution >= 0.6 is 28.3 Å². The number of piperidine rings is 1. The minimum atomic E-state index is 0. The Kier molecular flexibility index (Phi) is 7.56. The summed E-state index contributed by atoms with van der Waals surface area (Å²) < 4.78 is 1.09. The Morgan fingerprint density at radius 2 is 1.90 bits per heavy atom. The van der Waals surface area contributed by atoms with Crippen molar-refractivity contribution in [2.45, 2.75) is 19.3 Å². The number of carbonyl (C=O) groups is 1. The van der Waals surface area contributed by atoms with E-state index in [0.717, 1.165) is 43.4 Å². The van der Waals surface area contributed by atoms with E-state index in [0.29, 0.717) is 5.91 Å². The van der Waals surface area contributed by atoms with Crippen LogP contribution in [0.1, 0.15) is 18.4 Å². The molecule has 2 rings (SSSR count). The molecule has 1 aliphatic rings. The van der Waals surface area contributed by atoms with Crippen molar-refractivity contribution in [3.8, 4) is 0 Å². The molecule has 0 aromatic heterocycles. The molecule has 0 unspecified atom stereocenters. The van der Waals surface area contributed by atoms with Gasteiger partial charge in [0.2, 0.25) is 5.91 Å². The van der Waals surface area contributed by atoms with E-state index in [-0.39, 0.29) is 18.3 Å². The lowest BCUT2D eigenvalue weighted by atomic mass is 9.96. The molecule has 0 atom stereocenters. The summed E-state index contributed by atoms with van der Waals surface area (Å²) in [5.74, 6) is 0.523. The Labute approximate surface area is 135 Å². The Morgan fingerprint density at radius 1 is 1.30 bits per heavy atom. The number of hydrogen-bond donors (Lipinski definition) is 1. The normalized spacial score (nSPS) is 15.5. The number of rotatable bonds is 4. The quantitative estimate of drug-likeness (QED) is 0.894. The van der Waals surface area contributed by atoms with E-state index in [9.17, 15) is 4.79 Å². The Balaban J connectivity index is 0.00000200. The molecule has 112 valence electrons. The first-order valence-electron chi connectivity index (χ1n) is 6.87. The van der Waals surface area contributed by atoms with Gasteiger partial charge in [-0.3, -0.25) is 4.79 Å². The molecule has 1 aromatic rings. The molecule has 0 saturated carbocycles. The molecule has 3 nitrogen and oxygen atoms in total. The van der Waals surface area contributed by atoms with E-state index in [4.69, 9.17) is 0 Å². The van der Waals surface area contributed by atoms with Crippen LogP contribution in [0.3, 0.4) is 0 Å². The zero-order valence-electron chi connectivity index (χ0n) is 11.8. The highest BCUT2D eigenvalue weighted by Crippen LogP contribution is 2.15. The predicted octanol–water partition coefficient (Wildman–Crippen LogP) is 2.87. The van der Waals surface area contributed by atoms with Gasteiger partial charge in [-0.05, 0) is 50.0 Å². The largest absolute Gasteiger partial charge is 0.345 e. The monoisotopic (exact) mass is 360 g/mol. The van der Waals surface area contributed by atoms with Gasteiger partial charge in [0.25, 0.3) is 0 Å². The third-order valence-electron chi connectivity index (χ3n) is 3.71. The van der Waals surface area contributed by atoms with E-state index in [2.05, 4.69) is 33.4 Å². The second-order valence-electron chi connectivity index (χ2n) is 5.16. The van der Waals surface area contributed by atoms with Gasteiger partial charge in [-0.2, -0.15) is 0 Å². The maximum Gasteiger partial charge on any atom is 0.225 e. The van der Waals surface area contributed by atoms with Crippen molar-refractivity contribution in [3.63, 3.8) is 0 Å². The molecule has 1 saturated heterocycles. The fourth-order valence-corrected chi connectivity index (χ4v) is 2.70. The summed E-state index contributed by atoms with van der Waals surface area (Å²) >= 11 is 3.43. The third-order valence-corrected chi connectivity index (χ3v) is 4.24. The predicted molar refractivity (Wildman–Crippen MR) is 88.3 cm³/mol. The minimum Gasteiger partial charge on any atom is -0.345 e. The van der Waals surface area contributed by atoms with Gasteiger partial charge in [0.05, 0.1) is 0 Å². The highest BCUT2D eigenvalue weighted by atomic mass is 79.9. The number of benzene rings is 1. The van der Waals surface area contributed by atoms with Crippen LogP contribution in [0.5, 0.6) is 0 Å². The van der Waals surface area contributed by atoms with Crippen LogP contribution in [-0.4, -0.2) is 37.5 Å². The zero-order valence-corrected chi connectivity index (χ0v) is 14.2. The smallest absolute Gasteiger partial charge is 0.225 e. The lowest BCUT2D eigenvalue weighted by Crippen LogP contribution is -2.39.